The zero-order valence-electron chi connectivity index (χ0n) is 17.2. The number of aromatic nitrogens is 2. The lowest BCUT2D eigenvalue weighted by Crippen LogP contribution is -2.20. The van der Waals surface area contributed by atoms with Crippen molar-refractivity contribution in [2.45, 2.75) is 32.7 Å². The normalized spacial score (nSPS) is 15.2. The predicted molar refractivity (Wildman–Crippen MR) is 109 cm³/mol. The van der Waals surface area contributed by atoms with E-state index in [0.29, 0.717) is 16.7 Å². The maximum atomic E-state index is 13.0. The smallest absolute Gasteiger partial charge is 0.372 e. The highest BCUT2D eigenvalue weighted by atomic mass is 16.5. The third-order valence-corrected chi connectivity index (χ3v) is 4.83. The van der Waals surface area contributed by atoms with Gasteiger partial charge in [-0.3, -0.25) is 9.59 Å². The summed E-state index contributed by atoms with van der Waals surface area (Å²) < 4.78 is 11.1. The molecule has 1 heterocycles. The van der Waals surface area contributed by atoms with Crippen molar-refractivity contribution in [1.29, 1.82) is 0 Å². The second-order valence-electron chi connectivity index (χ2n) is 6.80. The summed E-state index contributed by atoms with van der Waals surface area (Å²) >= 11 is 0. The Kier molecular flexibility index (Phi) is 6.64. The van der Waals surface area contributed by atoms with Crippen molar-refractivity contribution in [2.75, 3.05) is 13.2 Å². The molecule has 2 aromatic rings. The van der Waals surface area contributed by atoms with E-state index in [9.17, 15) is 24.3 Å². The topological polar surface area (TPSA) is 125 Å². The van der Waals surface area contributed by atoms with Gasteiger partial charge in [0.05, 0.1) is 25.3 Å². The molecule has 1 aliphatic rings. The molecule has 31 heavy (non-hydrogen) atoms. The number of rotatable bonds is 8. The highest BCUT2D eigenvalue weighted by molar-refractivity contribution is 6.04. The lowest BCUT2D eigenvalue weighted by atomic mass is 10.0. The van der Waals surface area contributed by atoms with Gasteiger partial charge < -0.3 is 19.1 Å². The van der Waals surface area contributed by atoms with Crippen LogP contribution in [0.25, 0.3) is 6.08 Å². The van der Waals surface area contributed by atoms with Crippen molar-refractivity contribution in [1.82, 2.24) is 9.55 Å². The van der Waals surface area contributed by atoms with Crippen LogP contribution in [0.2, 0.25) is 0 Å². The Hall–Kier alpha value is -3.75. The molecule has 0 spiro atoms. The van der Waals surface area contributed by atoms with Crippen LogP contribution in [-0.4, -0.2) is 51.6 Å². The number of Topliss-reactive ketones (excluding diaryl/α,β-unsaturated/α-hetero) is 1. The van der Waals surface area contributed by atoms with Gasteiger partial charge in [0, 0.05) is 24.3 Å². The van der Waals surface area contributed by atoms with Crippen LogP contribution in [0.3, 0.4) is 0 Å². The Morgan fingerprint density at radius 2 is 1.97 bits per heavy atom. The summed E-state index contributed by atoms with van der Waals surface area (Å²) in [7, 11) is 0. The van der Waals surface area contributed by atoms with Crippen LogP contribution >= 0.6 is 0 Å². The second-order valence-corrected chi connectivity index (χ2v) is 6.80. The number of carbonyl (C=O) groups is 4. The van der Waals surface area contributed by atoms with E-state index in [-0.39, 0.29) is 43.4 Å². The first-order valence-corrected chi connectivity index (χ1v) is 9.83. The van der Waals surface area contributed by atoms with E-state index < -0.39 is 23.9 Å². The fourth-order valence-corrected chi connectivity index (χ4v) is 3.56. The van der Waals surface area contributed by atoms with Crippen LogP contribution in [0, 0.1) is 0 Å². The largest absolute Gasteiger partial charge is 0.475 e. The van der Waals surface area contributed by atoms with Gasteiger partial charge in [0.1, 0.15) is 6.04 Å². The van der Waals surface area contributed by atoms with Crippen molar-refractivity contribution in [2.24, 2.45) is 0 Å². The minimum Gasteiger partial charge on any atom is -0.475 e. The average molecular weight is 426 g/mol. The van der Waals surface area contributed by atoms with E-state index in [2.05, 4.69) is 4.98 Å². The minimum absolute atomic E-state index is 0.0280. The van der Waals surface area contributed by atoms with Crippen LogP contribution in [0.5, 0.6) is 0 Å². The Balaban J connectivity index is 1.92. The fourth-order valence-electron chi connectivity index (χ4n) is 3.56. The molecule has 3 rings (SSSR count). The Labute approximate surface area is 178 Å². The molecule has 9 nitrogen and oxygen atoms in total. The number of benzene rings is 1. The molecule has 0 saturated carbocycles. The molecule has 1 N–H and O–H groups in total. The maximum absolute atomic E-state index is 13.0. The Morgan fingerprint density at radius 1 is 1.23 bits per heavy atom. The fraction of sp³-hybridized carbons (Fsp3) is 0.318. The minimum atomic E-state index is -1.30. The first-order valence-electron chi connectivity index (χ1n) is 9.83. The van der Waals surface area contributed by atoms with Gasteiger partial charge >= 0.3 is 17.9 Å². The zero-order valence-corrected chi connectivity index (χ0v) is 17.2. The molecule has 0 bridgehead atoms. The molecule has 0 radical (unpaired) electrons. The van der Waals surface area contributed by atoms with Gasteiger partial charge in [0.15, 0.2) is 5.78 Å². The summed E-state index contributed by atoms with van der Waals surface area (Å²) in [5.41, 5.74) is 2.02. The van der Waals surface area contributed by atoms with Crippen molar-refractivity contribution in [3.05, 3.63) is 58.7 Å². The molecule has 0 saturated heterocycles. The predicted octanol–water partition coefficient (Wildman–Crippen LogP) is 2.24. The third-order valence-electron chi connectivity index (χ3n) is 4.83. The lowest BCUT2D eigenvalue weighted by molar-refractivity contribution is -0.142. The van der Waals surface area contributed by atoms with E-state index in [4.69, 9.17) is 9.47 Å². The number of ether oxygens (including phenoxy) is 2. The van der Waals surface area contributed by atoms with Gasteiger partial charge in [-0.15, -0.1) is 0 Å². The van der Waals surface area contributed by atoms with Crippen molar-refractivity contribution in [3.8, 4) is 0 Å². The highest BCUT2D eigenvalue weighted by Crippen LogP contribution is 2.34. The standard InChI is InChI=1S/C22H22N2O7/c1-3-30-18(25)9-8-14-12-24(21(23-14)22(28)29)17-11-16-13(10-19(26)31-4-2)6-5-7-15(16)20(17)27/h5-9,12,17H,3-4,10-11H2,1-2H3,(H,28,29). The van der Waals surface area contributed by atoms with Crippen LogP contribution in [0.4, 0.5) is 0 Å². The summed E-state index contributed by atoms with van der Waals surface area (Å²) in [5.74, 6) is -2.86. The lowest BCUT2D eigenvalue weighted by Gasteiger charge is -2.12. The van der Waals surface area contributed by atoms with E-state index in [1.54, 1.807) is 32.0 Å². The number of hydrogen-bond donors (Lipinski definition) is 1. The molecule has 0 fully saturated rings. The maximum Gasteiger partial charge on any atom is 0.372 e. The first kappa shape index (κ1) is 21.9. The number of hydrogen-bond acceptors (Lipinski definition) is 7. The molecule has 1 aliphatic carbocycles. The number of carboxylic acid groups (broad SMARTS) is 1. The Bertz CT molecular complexity index is 1070. The van der Waals surface area contributed by atoms with E-state index in [1.165, 1.54) is 16.8 Å². The molecule has 0 amide bonds. The molecular weight excluding hydrogens is 404 g/mol. The summed E-state index contributed by atoms with van der Waals surface area (Å²) in [5, 5.41) is 9.57. The van der Waals surface area contributed by atoms with E-state index in [0.717, 1.165) is 6.08 Å². The van der Waals surface area contributed by atoms with Gasteiger partial charge in [-0.25, -0.2) is 14.6 Å². The summed E-state index contributed by atoms with van der Waals surface area (Å²) in [6.07, 6.45) is 4.14. The number of ketones is 1. The van der Waals surface area contributed by atoms with Crippen molar-refractivity contribution >= 4 is 29.8 Å². The molecular formula is C22H22N2O7. The summed E-state index contributed by atoms with van der Waals surface area (Å²) in [4.78, 5) is 52.2. The SMILES string of the molecule is CCOC(=O)C=Cc1cn(C2Cc3c(CC(=O)OCC)cccc3C2=O)c(C(=O)O)n1. The quantitative estimate of drug-likeness (QED) is 0.503. The van der Waals surface area contributed by atoms with Gasteiger partial charge in [-0.05, 0) is 31.1 Å². The highest BCUT2D eigenvalue weighted by Gasteiger charge is 2.36. The van der Waals surface area contributed by atoms with Crippen LogP contribution < -0.4 is 0 Å². The molecule has 1 unspecified atom stereocenters. The first-order chi connectivity index (χ1) is 14.8. The second kappa shape index (κ2) is 9.38. The number of carbonyl (C=O) groups excluding carboxylic acids is 3. The van der Waals surface area contributed by atoms with E-state index >= 15 is 0 Å². The molecule has 1 aromatic carbocycles. The van der Waals surface area contributed by atoms with Crippen molar-refractivity contribution in [3.63, 3.8) is 0 Å². The molecule has 1 atom stereocenters. The average Bonchev–Trinajstić information content (AvgIpc) is 3.29. The van der Waals surface area contributed by atoms with Crippen LogP contribution in [0.1, 0.15) is 57.7 Å². The summed E-state index contributed by atoms with van der Waals surface area (Å²) in [6, 6.07) is 4.28. The molecule has 1 aromatic heterocycles. The summed E-state index contributed by atoms with van der Waals surface area (Å²) in [6.45, 7) is 3.85. The number of carboxylic acids is 1. The van der Waals surface area contributed by atoms with Gasteiger partial charge in [-0.2, -0.15) is 0 Å². The Morgan fingerprint density at radius 3 is 2.65 bits per heavy atom. The van der Waals surface area contributed by atoms with Gasteiger partial charge in [0.2, 0.25) is 5.82 Å². The number of fused-ring (bicyclic) bond motifs is 1. The van der Waals surface area contributed by atoms with Gasteiger partial charge in [0.25, 0.3) is 0 Å². The number of aromatic carboxylic acids is 1. The van der Waals surface area contributed by atoms with Gasteiger partial charge in [-0.1, -0.05) is 18.2 Å². The molecule has 0 aliphatic heterocycles. The number of nitrogens with zero attached hydrogens (tertiary/aromatic N) is 2. The number of esters is 2. The van der Waals surface area contributed by atoms with Crippen LogP contribution in [-0.2, 0) is 31.9 Å². The number of imidazole rings is 1. The third kappa shape index (κ3) is 4.71. The monoisotopic (exact) mass is 426 g/mol. The van der Waals surface area contributed by atoms with E-state index in [1.807, 2.05) is 0 Å². The van der Waals surface area contributed by atoms with Crippen LogP contribution in [0.15, 0.2) is 30.5 Å². The molecule has 9 heteroatoms. The van der Waals surface area contributed by atoms with Crippen molar-refractivity contribution < 1.29 is 33.8 Å². The molecule has 162 valence electrons. The zero-order chi connectivity index (χ0) is 22.5.